The maximum Gasteiger partial charge on any atom is 0.337 e. The number of nitrogens with zero attached hydrogens (tertiary/aromatic N) is 2. The predicted octanol–water partition coefficient (Wildman–Crippen LogP) is 4.46. The van der Waals surface area contributed by atoms with E-state index < -0.39 is 11.8 Å². The van der Waals surface area contributed by atoms with Crippen molar-refractivity contribution >= 4 is 22.7 Å². The fourth-order valence-electron chi connectivity index (χ4n) is 3.54. The number of benzene rings is 3. The minimum atomic E-state index is -0.474. The molecule has 0 aliphatic heterocycles. The highest BCUT2D eigenvalue weighted by Crippen LogP contribution is 2.28. The second-order valence-corrected chi connectivity index (χ2v) is 7.12. The van der Waals surface area contributed by atoms with E-state index in [0.717, 1.165) is 23.3 Å². The number of carbonyl (C=O) groups is 1. The van der Waals surface area contributed by atoms with Crippen molar-refractivity contribution in [3.63, 3.8) is 0 Å². The van der Waals surface area contributed by atoms with Gasteiger partial charge in [-0.15, -0.1) is 0 Å². The third kappa shape index (κ3) is 4.07. The molecule has 0 saturated heterocycles. The van der Waals surface area contributed by atoms with Gasteiger partial charge in [0.15, 0.2) is 0 Å². The van der Waals surface area contributed by atoms with Crippen LogP contribution in [0.25, 0.3) is 22.4 Å². The topological polar surface area (TPSA) is 79.4 Å². The van der Waals surface area contributed by atoms with E-state index in [-0.39, 0.29) is 5.69 Å². The van der Waals surface area contributed by atoms with E-state index in [1.165, 1.54) is 13.2 Å². The van der Waals surface area contributed by atoms with Gasteiger partial charge in [-0.25, -0.2) is 14.2 Å². The normalized spacial score (nSPS) is 10.9. The van der Waals surface area contributed by atoms with Gasteiger partial charge in [0.1, 0.15) is 17.4 Å². The molecule has 0 radical (unpaired) electrons. The molecule has 158 valence electrons. The maximum absolute atomic E-state index is 13.7. The molecule has 0 fully saturated rings. The lowest BCUT2D eigenvalue weighted by atomic mass is 10.1. The Labute approximate surface area is 179 Å². The molecule has 0 aliphatic rings. The number of ether oxygens (including phenoxy) is 2. The Hall–Kier alpha value is -3.87. The number of nitrogen functional groups attached to an aromatic ring is 1. The zero-order valence-corrected chi connectivity index (χ0v) is 17.3. The molecule has 0 bridgehead atoms. The molecule has 1 aromatic heterocycles. The Morgan fingerprint density at radius 3 is 2.52 bits per heavy atom. The lowest BCUT2D eigenvalue weighted by Gasteiger charge is -2.11. The quantitative estimate of drug-likeness (QED) is 0.369. The van der Waals surface area contributed by atoms with Gasteiger partial charge in [-0.1, -0.05) is 12.1 Å². The maximum atomic E-state index is 13.7. The van der Waals surface area contributed by atoms with Crippen molar-refractivity contribution in [1.29, 1.82) is 0 Å². The van der Waals surface area contributed by atoms with E-state index >= 15 is 0 Å². The second kappa shape index (κ2) is 8.47. The molecule has 4 rings (SSSR count). The molecular weight excluding hydrogens is 397 g/mol. The van der Waals surface area contributed by atoms with Gasteiger partial charge in [0, 0.05) is 12.1 Å². The zero-order valence-electron chi connectivity index (χ0n) is 17.3. The monoisotopic (exact) mass is 419 g/mol. The van der Waals surface area contributed by atoms with E-state index in [4.69, 9.17) is 20.2 Å². The van der Waals surface area contributed by atoms with Crippen molar-refractivity contribution in [3.05, 3.63) is 77.6 Å². The van der Waals surface area contributed by atoms with Gasteiger partial charge >= 0.3 is 5.97 Å². The Morgan fingerprint density at radius 2 is 1.84 bits per heavy atom. The van der Waals surface area contributed by atoms with E-state index in [1.54, 1.807) is 31.4 Å². The second-order valence-electron chi connectivity index (χ2n) is 7.12. The Morgan fingerprint density at radius 1 is 1.06 bits per heavy atom. The summed E-state index contributed by atoms with van der Waals surface area (Å²) in [6.45, 7) is 0.632. The number of methoxy groups -OCH3 is 2. The fourth-order valence-corrected chi connectivity index (χ4v) is 3.54. The largest absolute Gasteiger partial charge is 0.497 e. The van der Waals surface area contributed by atoms with Crippen molar-refractivity contribution in [3.8, 4) is 17.1 Å². The standard InChI is InChI=1S/C24H22FN3O3/c1-30-18-7-3-15(4-8-18)11-12-28-22-10-6-17(24(29)31-2)14-21(22)27-23(28)16-5-9-19(25)20(26)13-16/h3-10,13-14H,11-12,26H2,1-2H3. The van der Waals surface area contributed by atoms with Gasteiger partial charge in [-0.2, -0.15) is 0 Å². The van der Waals surface area contributed by atoms with Crippen LogP contribution in [0.15, 0.2) is 60.7 Å². The number of fused-ring (bicyclic) bond motifs is 1. The average Bonchev–Trinajstić information content (AvgIpc) is 3.17. The number of aromatic nitrogens is 2. The van der Waals surface area contributed by atoms with Crippen LogP contribution in [-0.2, 0) is 17.7 Å². The molecule has 4 aromatic rings. The molecule has 6 nitrogen and oxygen atoms in total. The van der Waals surface area contributed by atoms with Crippen molar-refractivity contribution in [1.82, 2.24) is 9.55 Å². The highest BCUT2D eigenvalue weighted by atomic mass is 19.1. The predicted molar refractivity (Wildman–Crippen MR) is 118 cm³/mol. The first-order valence-electron chi connectivity index (χ1n) is 9.77. The summed E-state index contributed by atoms with van der Waals surface area (Å²) in [6.07, 6.45) is 0.748. The van der Waals surface area contributed by atoms with Crippen LogP contribution in [0.2, 0.25) is 0 Å². The summed E-state index contributed by atoms with van der Waals surface area (Å²) in [6, 6.07) is 17.7. The van der Waals surface area contributed by atoms with Crippen LogP contribution in [0.3, 0.4) is 0 Å². The van der Waals surface area contributed by atoms with Crippen LogP contribution in [0, 0.1) is 5.82 Å². The summed E-state index contributed by atoms with van der Waals surface area (Å²) < 4.78 is 25.8. The van der Waals surface area contributed by atoms with Crippen molar-refractivity contribution < 1.29 is 18.7 Å². The number of nitrogens with two attached hydrogens (primary N) is 1. The summed E-state index contributed by atoms with van der Waals surface area (Å²) in [5, 5.41) is 0. The number of hydrogen-bond acceptors (Lipinski definition) is 5. The van der Waals surface area contributed by atoms with Crippen LogP contribution in [0.5, 0.6) is 5.75 Å². The zero-order chi connectivity index (χ0) is 22.0. The Bertz CT molecular complexity index is 1250. The number of anilines is 1. The summed E-state index contributed by atoms with van der Waals surface area (Å²) in [5.41, 5.74) is 9.61. The molecule has 2 N–H and O–H groups in total. The van der Waals surface area contributed by atoms with Gasteiger partial charge in [-0.3, -0.25) is 0 Å². The minimum Gasteiger partial charge on any atom is -0.497 e. The first kappa shape index (κ1) is 20.4. The van der Waals surface area contributed by atoms with E-state index in [1.807, 2.05) is 34.9 Å². The van der Waals surface area contributed by atoms with Crippen LogP contribution in [-0.4, -0.2) is 29.7 Å². The van der Waals surface area contributed by atoms with E-state index in [2.05, 4.69) is 0 Å². The minimum absolute atomic E-state index is 0.0570. The molecule has 7 heteroatoms. The van der Waals surface area contributed by atoms with Crippen LogP contribution < -0.4 is 10.5 Å². The molecule has 0 unspecified atom stereocenters. The molecule has 0 spiro atoms. The van der Waals surface area contributed by atoms with Gasteiger partial charge in [0.2, 0.25) is 0 Å². The molecular formula is C24H22FN3O3. The van der Waals surface area contributed by atoms with E-state index in [9.17, 15) is 9.18 Å². The summed E-state index contributed by atoms with van der Waals surface area (Å²) >= 11 is 0. The van der Waals surface area contributed by atoms with Gasteiger partial charge in [0.25, 0.3) is 0 Å². The molecule has 0 aliphatic carbocycles. The average molecular weight is 419 g/mol. The highest BCUT2D eigenvalue weighted by molar-refractivity contribution is 5.94. The smallest absolute Gasteiger partial charge is 0.337 e. The number of esters is 1. The van der Waals surface area contributed by atoms with Crippen molar-refractivity contribution in [2.24, 2.45) is 0 Å². The SMILES string of the molecule is COC(=O)c1ccc2c(c1)nc(-c1ccc(F)c(N)c1)n2CCc1ccc(OC)cc1. The van der Waals surface area contributed by atoms with Gasteiger partial charge in [-0.05, 0) is 60.5 Å². The first-order valence-corrected chi connectivity index (χ1v) is 9.77. The third-order valence-electron chi connectivity index (χ3n) is 5.21. The summed E-state index contributed by atoms with van der Waals surface area (Å²) in [7, 11) is 2.97. The third-order valence-corrected chi connectivity index (χ3v) is 5.21. The van der Waals surface area contributed by atoms with Gasteiger partial charge in [0.05, 0.1) is 36.5 Å². The first-order chi connectivity index (χ1) is 15.0. The van der Waals surface area contributed by atoms with E-state index in [0.29, 0.717) is 29.0 Å². The number of imidazole rings is 1. The molecule has 31 heavy (non-hydrogen) atoms. The number of carbonyl (C=O) groups excluding carboxylic acids is 1. The van der Waals surface area contributed by atoms with Crippen LogP contribution in [0.4, 0.5) is 10.1 Å². The Balaban J connectivity index is 1.77. The van der Waals surface area contributed by atoms with Crippen molar-refractivity contribution in [2.75, 3.05) is 20.0 Å². The number of aryl methyl sites for hydroxylation is 2. The number of hydrogen-bond donors (Lipinski definition) is 1. The van der Waals surface area contributed by atoms with Crippen LogP contribution >= 0.6 is 0 Å². The van der Waals surface area contributed by atoms with Gasteiger partial charge < -0.3 is 19.8 Å². The molecule has 0 saturated carbocycles. The number of rotatable bonds is 6. The Kier molecular flexibility index (Phi) is 5.58. The highest BCUT2D eigenvalue weighted by Gasteiger charge is 2.16. The molecule has 0 atom stereocenters. The summed E-state index contributed by atoms with van der Waals surface area (Å²) in [5.74, 6) is 0.548. The number of halogens is 1. The van der Waals surface area contributed by atoms with Crippen molar-refractivity contribution in [2.45, 2.75) is 13.0 Å². The molecule has 0 amide bonds. The lowest BCUT2D eigenvalue weighted by molar-refractivity contribution is 0.0601. The molecule has 3 aromatic carbocycles. The molecule has 1 heterocycles. The van der Waals surface area contributed by atoms with Crippen LogP contribution in [0.1, 0.15) is 15.9 Å². The lowest BCUT2D eigenvalue weighted by Crippen LogP contribution is -2.05. The fraction of sp³-hybridized carbons (Fsp3) is 0.167. The summed E-state index contributed by atoms with van der Waals surface area (Å²) in [4.78, 5) is 16.7.